The molecule has 1 atom stereocenters. The minimum atomic E-state index is -0.482. The number of hydrogen-bond acceptors (Lipinski definition) is 3. The molecule has 106 valence electrons. The minimum Gasteiger partial charge on any atom is -0.494 e. The van der Waals surface area contributed by atoms with Crippen LogP contribution in [0.5, 0.6) is 5.75 Å². The van der Waals surface area contributed by atoms with E-state index in [2.05, 4.69) is 5.32 Å². The van der Waals surface area contributed by atoms with Gasteiger partial charge in [0.2, 0.25) is 5.91 Å². The molecule has 0 aliphatic rings. The minimum absolute atomic E-state index is 0.0450. The molecule has 19 heavy (non-hydrogen) atoms. The predicted octanol–water partition coefficient (Wildman–Crippen LogP) is 1.98. The first-order valence-electron chi connectivity index (χ1n) is 6.72. The molecule has 2 N–H and O–H groups in total. The van der Waals surface area contributed by atoms with Gasteiger partial charge in [-0.3, -0.25) is 4.79 Å². The Morgan fingerprint density at radius 3 is 2.63 bits per heavy atom. The molecule has 0 aliphatic heterocycles. The summed E-state index contributed by atoms with van der Waals surface area (Å²) in [6.07, 6.45) is 0.598. The highest BCUT2D eigenvalue weighted by molar-refractivity contribution is 5.75. The number of nitrogens with one attached hydrogen (secondary N) is 1. The first-order chi connectivity index (χ1) is 9.09. The molecule has 0 bridgehead atoms. The number of rotatable bonds is 8. The molecular formula is C15H23NO3. The zero-order chi connectivity index (χ0) is 14.1. The van der Waals surface area contributed by atoms with Crippen molar-refractivity contribution >= 4 is 5.91 Å². The highest BCUT2D eigenvalue weighted by Crippen LogP contribution is 2.08. The summed E-state index contributed by atoms with van der Waals surface area (Å²) in [6, 6.07) is 9.53. The van der Waals surface area contributed by atoms with E-state index in [1.165, 1.54) is 0 Å². The number of hydrogen-bond donors (Lipinski definition) is 2. The number of aliphatic hydroxyl groups excluding tert-OH is 1. The van der Waals surface area contributed by atoms with Crippen LogP contribution in [0, 0.1) is 5.92 Å². The number of ether oxygens (including phenoxy) is 1. The van der Waals surface area contributed by atoms with Crippen LogP contribution in [-0.4, -0.2) is 30.3 Å². The molecule has 0 spiro atoms. The molecule has 1 aromatic carbocycles. The van der Waals surface area contributed by atoms with Gasteiger partial charge in [0.25, 0.3) is 0 Å². The second-order valence-electron chi connectivity index (χ2n) is 4.88. The fourth-order valence-electron chi connectivity index (χ4n) is 1.48. The van der Waals surface area contributed by atoms with Crippen LogP contribution in [-0.2, 0) is 4.79 Å². The summed E-state index contributed by atoms with van der Waals surface area (Å²) in [4.78, 5) is 11.5. The number of carbonyl (C=O) groups is 1. The van der Waals surface area contributed by atoms with Crippen molar-refractivity contribution in [3.8, 4) is 5.75 Å². The lowest BCUT2D eigenvalue weighted by Crippen LogP contribution is -2.34. The highest BCUT2D eigenvalue weighted by atomic mass is 16.5. The highest BCUT2D eigenvalue weighted by Gasteiger charge is 2.10. The van der Waals surface area contributed by atoms with E-state index >= 15 is 0 Å². The van der Waals surface area contributed by atoms with Gasteiger partial charge in [-0.1, -0.05) is 32.0 Å². The molecular weight excluding hydrogens is 242 g/mol. The van der Waals surface area contributed by atoms with Crippen molar-refractivity contribution in [2.45, 2.75) is 32.8 Å². The van der Waals surface area contributed by atoms with Gasteiger partial charge in [-0.15, -0.1) is 0 Å². The summed E-state index contributed by atoms with van der Waals surface area (Å²) in [6.45, 7) is 4.68. The lowest BCUT2D eigenvalue weighted by molar-refractivity contribution is -0.121. The quantitative estimate of drug-likeness (QED) is 0.707. The van der Waals surface area contributed by atoms with Crippen LogP contribution in [0.4, 0.5) is 0 Å². The van der Waals surface area contributed by atoms with Crippen LogP contribution in [0.3, 0.4) is 0 Å². The maximum atomic E-state index is 11.5. The normalized spacial score (nSPS) is 12.2. The van der Waals surface area contributed by atoms with Gasteiger partial charge >= 0.3 is 0 Å². The third-order valence-corrected chi connectivity index (χ3v) is 2.84. The molecule has 0 radical (unpaired) electrons. The maximum absolute atomic E-state index is 11.5. The molecule has 1 amide bonds. The Bertz CT molecular complexity index is 365. The molecule has 0 heterocycles. The lowest BCUT2D eigenvalue weighted by atomic mass is 10.1. The maximum Gasteiger partial charge on any atom is 0.220 e. The summed E-state index contributed by atoms with van der Waals surface area (Å²) in [5.74, 6) is 0.927. The molecule has 0 aliphatic carbocycles. The Kier molecular flexibility index (Phi) is 6.97. The van der Waals surface area contributed by atoms with Crippen LogP contribution in [0.15, 0.2) is 30.3 Å². The molecule has 0 aromatic heterocycles. The van der Waals surface area contributed by atoms with Crippen LogP contribution in [0.2, 0.25) is 0 Å². The van der Waals surface area contributed by atoms with Crippen molar-refractivity contribution < 1.29 is 14.6 Å². The standard InChI is InChI=1S/C15H23NO3/c1-12(2)14(17)11-16-15(18)9-6-10-19-13-7-4-3-5-8-13/h3-5,7-8,12,14,17H,6,9-11H2,1-2H3,(H,16,18). The predicted molar refractivity (Wildman–Crippen MR) is 75.0 cm³/mol. The SMILES string of the molecule is CC(C)C(O)CNC(=O)CCCOc1ccccc1. The van der Waals surface area contributed by atoms with Crippen molar-refractivity contribution in [2.75, 3.05) is 13.2 Å². The largest absolute Gasteiger partial charge is 0.494 e. The van der Waals surface area contributed by atoms with Crippen molar-refractivity contribution in [2.24, 2.45) is 5.92 Å². The van der Waals surface area contributed by atoms with Crippen LogP contribution in [0.1, 0.15) is 26.7 Å². The number of amides is 1. The van der Waals surface area contributed by atoms with Crippen molar-refractivity contribution in [1.29, 1.82) is 0 Å². The number of benzene rings is 1. The van der Waals surface area contributed by atoms with E-state index in [1.54, 1.807) is 0 Å². The number of aliphatic hydroxyl groups is 1. The smallest absolute Gasteiger partial charge is 0.220 e. The van der Waals surface area contributed by atoms with E-state index in [0.29, 0.717) is 26.0 Å². The lowest BCUT2D eigenvalue weighted by Gasteiger charge is -2.15. The van der Waals surface area contributed by atoms with Gasteiger partial charge in [0.05, 0.1) is 12.7 Å². The Morgan fingerprint density at radius 2 is 2.00 bits per heavy atom. The van der Waals surface area contributed by atoms with Crippen LogP contribution >= 0.6 is 0 Å². The third-order valence-electron chi connectivity index (χ3n) is 2.84. The Hall–Kier alpha value is -1.55. The second kappa shape index (κ2) is 8.53. The Labute approximate surface area is 114 Å². The van der Waals surface area contributed by atoms with E-state index in [-0.39, 0.29) is 11.8 Å². The van der Waals surface area contributed by atoms with E-state index < -0.39 is 6.10 Å². The van der Waals surface area contributed by atoms with Gasteiger partial charge in [0.1, 0.15) is 5.75 Å². The van der Waals surface area contributed by atoms with Crippen LogP contribution < -0.4 is 10.1 Å². The molecule has 0 saturated heterocycles. The summed E-state index contributed by atoms with van der Waals surface area (Å²) in [5.41, 5.74) is 0. The number of para-hydroxylation sites is 1. The summed E-state index contributed by atoms with van der Waals surface area (Å²) < 4.78 is 5.49. The zero-order valence-electron chi connectivity index (χ0n) is 11.6. The average Bonchev–Trinajstić information content (AvgIpc) is 2.42. The zero-order valence-corrected chi connectivity index (χ0v) is 11.6. The Balaban J connectivity index is 2.08. The molecule has 4 nitrogen and oxygen atoms in total. The number of carbonyl (C=O) groups excluding carboxylic acids is 1. The first kappa shape index (κ1) is 15.5. The molecule has 1 rings (SSSR count). The summed E-state index contributed by atoms with van der Waals surface area (Å²) >= 11 is 0. The monoisotopic (exact) mass is 265 g/mol. The fraction of sp³-hybridized carbons (Fsp3) is 0.533. The van der Waals surface area contributed by atoms with E-state index in [0.717, 1.165) is 5.75 Å². The van der Waals surface area contributed by atoms with Crippen LogP contribution in [0.25, 0.3) is 0 Å². The summed E-state index contributed by atoms with van der Waals surface area (Å²) in [5, 5.41) is 12.3. The van der Waals surface area contributed by atoms with Gasteiger partial charge in [0.15, 0.2) is 0 Å². The second-order valence-corrected chi connectivity index (χ2v) is 4.88. The fourth-order valence-corrected chi connectivity index (χ4v) is 1.48. The van der Waals surface area contributed by atoms with Gasteiger partial charge in [-0.25, -0.2) is 0 Å². The molecule has 1 unspecified atom stereocenters. The van der Waals surface area contributed by atoms with Crippen molar-refractivity contribution in [1.82, 2.24) is 5.32 Å². The topological polar surface area (TPSA) is 58.6 Å². The first-order valence-corrected chi connectivity index (χ1v) is 6.72. The molecule has 1 aromatic rings. The van der Waals surface area contributed by atoms with E-state index in [4.69, 9.17) is 4.74 Å². The van der Waals surface area contributed by atoms with Crippen molar-refractivity contribution in [3.05, 3.63) is 30.3 Å². The van der Waals surface area contributed by atoms with Gasteiger partial charge < -0.3 is 15.2 Å². The van der Waals surface area contributed by atoms with E-state index in [1.807, 2.05) is 44.2 Å². The van der Waals surface area contributed by atoms with Gasteiger partial charge in [-0.05, 0) is 24.5 Å². The summed E-state index contributed by atoms with van der Waals surface area (Å²) in [7, 11) is 0. The van der Waals surface area contributed by atoms with Gasteiger partial charge in [0, 0.05) is 13.0 Å². The van der Waals surface area contributed by atoms with E-state index in [9.17, 15) is 9.90 Å². The third kappa shape index (κ3) is 6.82. The molecule has 0 fully saturated rings. The average molecular weight is 265 g/mol. The molecule has 4 heteroatoms. The van der Waals surface area contributed by atoms with Crippen molar-refractivity contribution in [3.63, 3.8) is 0 Å². The molecule has 0 saturated carbocycles. The Morgan fingerprint density at radius 1 is 1.32 bits per heavy atom. The van der Waals surface area contributed by atoms with Gasteiger partial charge in [-0.2, -0.15) is 0 Å².